The lowest BCUT2D eigenvalue weighted by Crippen LogP contribution is -2.36. The average Bonchev–Trinajstić information content (AvgIpc) is 3.30. The summed E-state index contributed by atoms with van der Waals surface area (Å²) in [5, 5.41) is 12.4. The average molecular weight is 368 g/mol. The first-order chi connectivity index (χ1) is 13.0. The van der Waals surface area contributed by atoms with Gasteiger partial charge >= 0.3 is 5.97 Å². The van der Waals surface area contributed by atoms with E-state index in [2.05, 4.69) is 5.32 Å². The largest absolute Gasteiger partial charge is 0.481 e. The zero-order valence-corrected chi connectivity index (χ0v) is 15.1. The molecule has 0 spiro atoms. The molecule has 2 aliphatic carbocycles. The predicted molar refractivity (Wildman–Crippen MR) is 100 cm³/mol. The molecule has 2 fully saturated rings. The number of hydrogen-bond acceptors (Lipinski definition) is 3. The lowest BCUT2D eigenvalue weighted by atomic mass is 9.82. The van der Waals surface area contributed by atoms with Gasteiger partial charge in [-0.1, -0.05) is 18.2 Å². The van der Waals surface area contributed by atoms with E-state index in [0.29, 0.717) is 11.3 Å². The van der Waals surface area contributed by atoms with Gasteiger partial charge in [0.1, 0.15) is 0 Å². The van der Waals surface area contributed by atoms with Crippen LogP contribution in [0.25, 0.3) is 0 Å². The van der Waals surface area contributed by atoms with E-state index in [0.717, 1.165) is 38.8 Å². The van der Waals surface area contributed by atoms with Crippen LogP contribution < -0.4 is 5.32 Å². The molecule has 4 atom stereocenters. The molecule has 6 heteroatoms. The SMILES string of the molecule is O=C(O)[C@H]1[C@H](C(=O)Nc2cccc(C(=O)N3CCCCC3)c2)[C@H]2C=C[C@H]1C2. The Balaban J connectivity index is 1.48. The second-order valence-electron chi connectivity index (χ2n) is 7.76. The molecule has 1 aliphatic heterocycles. The van der Waals surface area contributed by atoms with E-state index in [4.69, 9.17) is 0 Å². The molecule has 0 aromatic heterocycles. The van der Waals surface area contributed by atoms with Gasteiger partial charge in [0, 0.05) is 24.3 Å². The maximum Gasteiger partial charge on any atom is 0.307 e. The Morgan fingerprint density at radius 1 is 1.00 bits per heavy atom. The Labute approximate surface area is 158 Å². The number of piperidine rings is 1. The Kier molecular flexibility index (Phi) is 4.72. The molecule has 0 radical (unpaired) electrons. The van der Waals surface area contributed by atoms with Crippen LogP contribution in [0, 0.1) is 23.7 Å². The van der Waals surface area contributed by atoms with Crippen molar-refractivity contribution in [2.45, 2.75) is 25.7 Å². The minimum absolute atomic E-state index is 0.0166. The summed E-state index contributed by atoms with van der Waals surface area (Å²) in [7, 11) is 0. The van der Waals surface area contributed by atoms with E-state index in [1.165, 1.54) is 0 Å². The van der Waals surface area contributed by atoms with Gasteiger partial charge in [0.2, 0.25) is 5.91 Å². The fraction of sp³-hybridized carbons (Fsp3) is 0.476. The van der Waals surface area contributed by atoms with Crippen molar-refractivity contribution in [2.75, 3.05) is 18.4 Å². The lowest BCUT2D eigenvalue weighted by molar-refractivity contribution is -0.146. The number of hydrogen-bond donors (Lipinski definition) is 2. The number of carbonyl (C=O) groups excluding carboxylic acids is 2. The van der Waals surface area contributed by atoms with Gasteiger partial charge in [0.15, 0.2) is 0 Å². The Bertz CT molecular complexity index is 797. The molecule has 3 aliphatic rings. The molecular formula is C21H24N2O4. The molecular weight excluding hydrogens is 344 g/mol. The van der Waals surface area contributed by atoms with Crippen LogP contribution in [0.2, 0.25) is 0 Å². The minimum atomic E-state index is -0.916. The summed E-state index contributed by atoms with van der Waals surface area (Å²) in [6.45, 7) is 1.54. The third-order valence-electron chi connectivity index (χ3n) is 6.07. The van der Waals surface area contributed by atoms with E-state index in [1.54, 1.807) is 24.3 Å². The van der Waals surface area contributed by atoms with Gasteiger partial charge in [0.05, 0.1) is 11.8 Å². The number of allylic oxidation sites excluding steroid dienone is 2. The zero-order chi connectivity index (χ0) is 19.0. The second-order valence-corrected chi connectivity index (χ2v) is 7.76. The summed E-state index contributed by atoms with van der Waals surface area (Å²) in [6.07, 6.45) is 7.81. The van der Waals surface area contributed by atoms with Crippen LogP contribution in [0.1, 0.15) is 36.0 Å². The quantitative estimate of drug-likeness (QED) is 0.800. The first-order valence-corrected chi connectivity index (χ1v) is 9.66. The third-order valence-corrected chi connectivity index (χ3v) is 6.07. The van der Waals surface area contributed by atoms with E-state index >= 15 is 0 Å². The van der Waals surface area contributed by atoms with Gasteiger partial charge in [-0.15, -0.1) is 0 Å². The normalized spacial score (nSPS) is 29.0. The minimum Gasteiger partial charge on any atom is -0.481 e. The topological polar surface area (TPSA) is 86.7 Å². The Morgan fingerprint density at radius 2 is 1.70 bits per heavy atom. The van der Waals surface area contributed by atoms with Crippen molar-refractivity contribution in [3.8, 4) is 0 Å². The smallest absolute Gasteiger partial charge is 0.307 e. The highest BCUT2D eigenvalue weighted by Crippen LogP contribution is 2.48. The first-order valence-electron chi connectivity index (χ1n) is 9.66. The van der Waals surface area contributed by atoms with Gasteiger partial charge in [-0.25, -0.2) is 0 Å². The van der Waals surface area contributed by atoms with E-state index in [-0.39, 0.29) is 23.7 Å². The van der Waals surface area contributed by atoms with Crippen LogP contribution in [0.3, 0.4) is 0 Å². The molecule has 1 aromatic rings. The maximum atomic E-state index is 12.8. The molecule has 1 heterocycles. The first kappa shape index (κ1) is 17.8. The zero-order valence-electron chi connectivity index (χ0n) is 15.1. The Hall–Kier alpha value is -2.63. The highest BCUT2D eigenvalue weighted by Gasteiger charge is 2.51. The van der Waals surface area contributed by atoms with E-state index < -0.39 is 17.8 Å². The molecule has 2 bridgehead atoms. The van der Waals surface area contributed by atoms with Gasteiger partial charge in [-0.3, -0.25) is 14.4 Å². The number of benzene rings is 1. The van der Waals surface area contributed by atoms with Gasteiger partial charge < -0.3 is 15.3 Å². The summed E-state index contributed by atoms with van der Waals surface area (Å²) in [6, 6.07) is 6.94. The van der Waals surface area contributed by atoms with Crippen LogP contribution in [0.5, 0.6) is 0 Å². The molecule has 27 heavy (non-hydrogen) atoms. The van der Waals surface area contributed by atoms with Crippen LogP contribution in [-0.2, 0) is 9.59 Å². The Morgan fingerprint density at radius 3 is 2.41 bits per heavy atom. The number of nitrogens with one attached hydrogen (secondary N) is 1. The van der Waals surface area contributed by atoms with Crippen molar-refractivity contribution in [3.05, 3.63) is 42.0 Å². The molecule has 6 nitrogen and oxygen atoms in total. The number of likely N-dealkylation sites (tertiary alicyclic amines) is 1. The number of fused-ring (bicyclic) bond motifs is 2. The van der Waals surface area contributed by atoms with Crippen molar-refractivity contribution in [3.63, 3.8) is 0 Å². The van der Waals surface area contributed by atoms with Gasteiger partial charge in [-0.2, -0.15) is 0 Å². The standard InChI is InChI=1S/C21H24N2O4/c24-19(17-13-7-8-14(11-13)18(17)21(26)27)22-16-6-4-5-15(12-16)20(25)23-9-2-1-3-10-23/h4-8,12-14,17-18H,1-3,9-11H2,(H,22,24)(H,26,27)/t13-,14-,17+,18+/m0/s1. The number of anilines is 1. The molecule has 142 valence electrons. The number of carbonyl (C=O) groups is 3. The number of aliphatic carboxylic acids is 1. The number of carboxylic acids is 1. The fourth-order valence-electron chi connectivity index (χ4n) is 4.75. The highest BCUT2D eigenvalue weighted by atomic mass is 16.4. The third kappa shape index (κ3) is 3.36. The highest BCUT2D eigenvalue weighted by molar-refractivity contribution is 5.99. The van der Waals surface area contributed by atoms with Crippen LogP contribution in [0.4, 0.5) is 5.69 Å². The monoisotopic (exact) mass is 368 g/mol. The van der Waals surface area contributed by atoms with Crippen molar-refractivity contribution in [1.82, 2.24) is 4.90 Å². The maximum absolute atomic E-state index is 12.8. The summed E-state index contributed by atoms with van der Waals surface area (Å²) in [5.74, 6) is -2.51. The van der Waals surface area contributed by atoms with Crippen LogP contribution in [-0.4, -0.2) is 40.9 Å². The van der Waals surface area contributed by atoms with E-state index in [9.17, 15) is 19.5 Å². The van der Waals surface area contributed by atoms with Gasteiger partial charge in [0.25, 0.3) is 5.91 Å². The fourth-order valence-corrected chi connectivity index (χ4v) is 4.75. The molecule has 0 unspecified atom stereocenters. The molecule has 1 saturated carbocycles. The summed E-state index contributed by atoms with van der Waals surface area (Å²) in [4.78, 5) is 38.9. The summed E-state index contributed by atoms with van der Waals surface area (Å²) < 4.78 is 0. The molecule has 2 N–H and O–H groups in total. The van der Waals surface area contributed by atoms with Crippen molar-refractivity contribution >= 4 is 23.5 Å². The van der Waals surface area contributed by atoms with Crippen LogP contribution in [0.15, 0.2) is 36.4 Å². The number of amides is 2. The molecule has 1 aromatic carbocycles. The number of nitrogens with zero attached hydrogens (tertiary/aromatic N) is 1. The number of carboxylic acid groups (broad SMARTS) is 1. The van der Waals surface area contributed by atoms with E-state index in [1.807, 2.05) is 17.1 Å². The lowest BCUT2D eigenvalue weighted by Gasteiger charge is -2.27. The molecule has 1 saturated heterocycles. The summed E-state index contributed by atoms with van der Waals surface area (Å²) in [5.41, 5.74) is 1.09. The van der Waals surface area contributed by atoms with Crippen LogP contribution >= 0.6 is 0 Å². The predicted octanol–water partition coefficient (Wildman–Crippen LogP) is 2.77. The molecule has 2 amide bonds. The van der Waals surface area contributed by atoms with Crippen molar-refractivity contribution in [2.24, 2.45) is 23.7 Å². The molecule has 4 rings (SSSR count). The summed E-state index contributed by atoms with van der Waals surface area (Å²) >= 11 is 0. The van der Waals surface area contributed by atoms with Crippen molar-refractivity contribution < 1.29 is 19.5 Å². The number of rotatable bonds is 4. The van der Waals surface area contributed by atoms with Crippen molar-refractivity contribution in [1.29, 1.82) is 0 Å². The van der Waals surface area contributed by atoms with Gasteiger partial charge in [-0.05, 0) is 55.7 Å². The second kappa shape index (κ2) is 7.18.